The molecule has 0 spiro atoms. The molecule has 5 rings (SSSR count). The highest BCUT2D eigenvalue weighted by Crippen LogP contribution is 2.39. The van der Waals surface area contributed by atoms with Gasteiger partial charge in [0.1, 0.15) is 5.82 Å². The van der Waals surface area contributed by atoms with Crippen molar-refractivity contribution in [2.45, 2.75) is 51.4 Å². The standard InChI is InChI=1S/C30H28F4N2O2.CH2O3/c1-18(30(32,33)34)27(28(37)35-23-5-2-4-21(15-23)14-19-8-9-19)22-12-10-20(11-13-22)16-36-17-25-24(29(36)38)6-3-7-26(25)31;2-1(3)4/h2-7,10-13,15,18-19,27H,8-9,14,16-17H2,1H3,(H,35,37);(H2,2,3,4)/t18-,27+;/m1./s1. The van der Waals surface area contributed by atoms with Gasteiger partial charge in [-0.05, 0) is 66.1 Å². The van der Waals surface area contributed by atoms with Gasteiger partial charge in [-0.1, -0.05) is 49.4 Å². The van der Waals surface area contributed by atoms with Crippen molar-refractivity contribution in [2.75, 3.05) is 5.32 Å². The van der Waals surface area contributed by atoms with E-state index in [1.807, 2.05) is 12.1 Å². The Bertz CT molecular complexity index is 1450. The van der Waals surface area contributed by atoms with E-state index in [0.29, 0.717) is 28.3 Å². The summed E-state index contributed by atoms with van der Waals surface area (Å²) in [6, 6.07) is 17.9. The number of amides is 2. The van der Waals surface area contributed by atoms with Crippen LogP contribution in [0, 0.1) is 17.7 Å². The van der Waals surface area contributed by atoms with E-state index in [2.05, 4.69) is 5.32 Å². The Hall–Kier alpha value is -4.41. The molecule has 222 valence electrons. The molecule has 42 heavy (non-hydrogen) atoms. The smallest absolute Gasteiger partial charge is 0.450 e. The molecule has 3 aromatic carbocycles. The summed E-state index contributed by atoms with van der Waals surface area (Å²) in [6.07, 6.45) is -3.17. The molecule has 2 amide bonds. The number of halogens is 4. The minimum absolute atomic E-state index is 0.124. The number of hydrogen-bond acceptors (Lipinski definition) is 3. The molecule has 7 nitrogen and oxygen atoms in total. The predicted molar refractivity (Wildman–Crippen MR) is 147 cm³/mol. The van der Waals surface area contributed by atoms with Crippen molar-refractivity contribution in [3.63, 3.8) is 0 Å². The van der Waals surface area contributed by atoms with Crippen LogP contribution in [0.1, 0.15) is 58.3 Å². The topological polar surface area (TPSA) is 107 Å². The summed E-state index contributed by atoms with van der Waals surface area (Å²) in [6.45, 7) is 1.31. The summed E-state index contributed by atoms with van der Waals surface area (Å²) in [5, 5.41) is 16.6. The number of nitrogens with zero attached hydrogens (tertiary/aromatic N) is 1. The third-order valence-electron chi connectivity index (χ3n) is 7.41. The summed E-state index contributed by atoms with van der Waals surface area (Å²) < 4.78 is 55.5. The van der Waals surface area contributed by atoms with Crippen molar-refractivity contribution < 1.29 is 42.2 Å². The Morgan fingerprint density at radius 3 is 2.24 bits per heavy atom. The number of fused-ring (bicyclic) bond motifs is 1. The van der Waals surface area contributed by atoms with Gasteiger partial charge >= 0.3 is 12.3 Å². The zero-order valence-corrected chi connectivity index (χ0v) is 22.7. The van der Waals surface area contributed by atoms with Crippen LogP contribution < -0.4 is 5.32 Å². The van der Waals surface area contributed by atoms with Crippen LogP contribution in [-0.2, 0) is 24.3 Å². The summed E-state index contributed by atoms with van der Waals surface area (Å²) in [5.74, 6) is -4.20. The number of rotatable bonds is 8. The van der Waals surface area contributed by atoms with Crippen molar-refractivity contribution in [3.05, 3.63) is 100 Å². The molecule has 0 radical (unpaired) electrons. The van der Waals surface area contributed by atoms with E-state index in [1.165, 1.54) is 42.0 Å². The van der Waals surface area contributed by atoms with Gasteiger partial charge in [0.25, 0.3) is 5.91 Å². The van der Waals surface area contributed by atoms with Gasteiger partial charge in [-0.15, -0.1) is 0 Å². The van der Waals surface area contributed by atoms with Crippen LogP contribution in [0.3, 0.4) is 0 Å². The zero-order chi connectivity index (χ0) is 30.6. The maximum absolute atomic E-state index is 14.1. The van der Waals surface area contributed by atoms with Crippen LogP contribution in [0.25, 0.3) is 0 Å². The lowest BCUT2D eigenvalue weighted by Gasteiger charge is -2.26. The first-order valence-electron chi connectivity index (χ1n) is 13.4. The van der Waals surface area contributed by atoms with Gasteiger partial charge in [0.2, 0.25) is 5.91 Å². The average Bonchev–Trinajstić information content (AvgIpc) is 3.67. The maximum Gasteiger partial charge on any atom is 0.503 e. The molecule has 0 saturated heterocycles. The number of hydrogen-bond donors (Lipinski definition) is 3. The van der Waals surface area contributed by atoms with E-state index in [0.717, 1.165) is 18.9 Å². The van der Waals surface area contributed by atoms with Crippen molar-refractivity contribution in [1.29, 1.82) is 0 Å². The van der Waals surface area contributed by atoms with E-state index in [4.69, 9.17) is 15.0 Å². The van der Waals surface area contributed by atoms with Crippen LogP contribution >= 0.6 is 0 Å². The number of benzene rings is 3. The van der Waals surface area contributed by atoms with Crippen molar-refractivity contribution in [1.82, 2.24) is 4.90 Å². The lowest BCUT2D eigenvalue weighted by Crippen LogP contribution is -2.34. The molecule has 3 aromatic rings. The van der Waals surface area contributed by atoms with Crippen molar-refractivity contribution in [3.8, 4) is 0 Å². The second kappa shape index (κ2) is 12.6. The number of nitrogens with one attached hydrogen (secondary N) is 1. The van der Waals surface area contributed by atoms with E-state index in [-0.39, 0.29) is 24.6 Å². The highest BCUT2D eigenvalue weighted by molar-refractivity contribution is 5.98. The molecule has 0 bridgehead atoms. The molecule has 3 N–H and O–H groups in total. The Morgan fingerprint density at radius 1 is 1.00 bits per heavy atom. The Morgan fingerprint density at radius 2 is 1.64 bits per heavy atom. The molecule has 2 atom stereocenters. The maximum atomic E-state index is 14.1. The predicted octanol–water partition coefficient (Wildman–Crippen LogP) is 7.08. The van der Waals surface area contributed by atoms with E-state index >= 15 is 0 Å². The molecule has 0 aromatic heterocycles. The zero-order valence-electron chi connectivity index (χ0n) is 22.7. The first-order valence-corrected chi connectivity index (χ1v) is 13.4. The summed E-state index contributed by atoms with van der Waals surface area (Å²) >= 11 is 0. The van der Waals surface area contributed by atoms with E-state index < -0.39 is 35.9 Å². The highest BCUT2D eigenvalue weighted by Gasteiger charge is 2.45. The quantitative estimate of drug-likeness (QED) is 0.245. The van der Waals surface area contributed by atoms with Crippen molar-refractivity contribution in [2.24, 2.45) is 11.8 Å². The van der Waals surface area contributed by atoms with Gasteiger partial charge in [0.15, 0.2) is 0 Å². The molecule has 1 aliphatic heterocycles. The van der Waals surface area contributed by atoms with Crippen LogP contribution in [0.15, 0.2) is 66.7 Å². The first kappa shape index (κ1) is 30.5. The molecule has 2 aliphatic rings. The second-order valence-electron chi connectivity index (χ2n) is 10.6. The lowest BCUT2D eigenvalue weighted by atomic mass is 9.85. The fourth-order valence-corrected chi connectivity index (χ4v) is 5.04. The van der Waals surface area contributed by atoms with Gasteiger partial charge in [0.05, 0.1) is 18.4 Å². The van der Waals surface area contributed by atoms with Gasteiger partial charge in [-0.3, -0.25) is 9.59 Å². The largest absolute Gasteiger partial charge is 0.503 e. The Labute approximate surface area is 239 Å². The van der Waals surface area contributed by atoms with E-state index in [1.54, 1.807) is 30.3 Å². The van der Waals surface area contributed by atoms with Crippen LogP contribution in [0.5, 0.6) is 0 Å². The highest BCUT2D eigenvalue weighted by atomic mass is 19.4. The fraction of sp³-hybridized carbons (Fsp3) is 0.323. The second-order valence-corrected chi connectivity index (χ2v) is 10.6. The van der Waals surface area contributed by atoms with Crippen LogP contribution in [0.2, 0.25) is 0 Å². The molecule has 0 unspecified atom stereocenters. The molecule has 1 fully saturated rings. The minimum Gasteiger partial charge on any atom is -0.450 e. The van der Waals surface area contributed by atoms with Crippen LogP contribution in [-0.4, -0.2) is 39.3 Å². The number of carboxylic acid groups (broad SMARTS) is 2. The molecular weight excluding hydrogens is 556 g/mol. The van der Waals surface area contributed by atoms with Gasteiger partial charge in [-0.25, -0.2) is 9.18 Å². The van der Waals surface area contributed by atoms with Gasteiger partial charge in [0, 0.05) is 23.4 Å². The average molecular weight is 587 g/mol. The minimum atomic E-state index is -4.58. The summed E-state index contributed by atoms with van der Waals surface area (Å²) in [5.41, 5.74) is 3.08. The Kier molecular flexibility index (Phi) is 9.18. The number of carbonyl (C=O) groups is 3. The van der Waals surface area contributed by atoms with E-state index in [9.17, 15) is 27.2 Å². The van der Waals surface area contributed by atoms with Gasteiger partial charge in [-0.2, -0.15) is 13.2 Å². The number of carbonyl (C=O) groups excluding carboxylic acids is 2. The van der Waals surface area contributed by atoms with Crippen molar-refractivity contribution >= 4 is 23.7 Å². The third kappa shape index (κ3) is 7.65. The first-order chi connectivity index (χ1) is 19.8. The number of anilines is 1. The van der Waals surface area contributed by atoms with Gasteiger partial charge < -0.3 is 20.4 Å². The van der Waals surface area contributed by atoms with Crippen LogP contribution in [0.4, 0.5) is 28.0 Å². The lowest BCUT2D eigenvalue weighted by molar-refractivity contribution is -0.178. The normalized spacial score (nSPS) is 15.7. The molecular formula is C31H30F4N2O5. The SMILES string of the molecule is C[C@H]([C@H](C(=O)Nc1cccc(CC2CC2)c1)c1ccc(CN2Cc3c(F)cccc3C2=O)cc1)C(F)(F)F.O=C(O)O. The third-order valence-corrected chi connectivity index (χ3v) is 7.41. The monoisotopic (exact) mass is 586 g/mol. The molecule has 1 heterocycles. The summed E-state index contributed by atoms with van der Waals surface area (Å²) in [7, 11) is 0. The molecule has 1 saturated carbocycles. The molecule has 1 aliphatic carbocycles. The summed E-state index contributed by atoms with van der Waals surface area (Å²) in [4.78, 5) is 35.9. The molecule has 11 heteroatoms. The number of alkyl halides is 3. The fourth-order valence-electron chi connectivity index (χ4n) is 5.04. The Balaban J connectivity index is 0.000000952.